The molecule has 2 aromatic rings. The molecule has 0 bridgehead atoms. The maximum absolute atomic E-state index is 11.7. The lowest BCUT2D eigenvalue weighted by molar-refractivity contribution is 0.571. The van der Waals surface area contributed by atoms with Crippen molar-refractivity contribution in [2.75, 3.05) is 0 Å². The number of nitrogens with zero attached hydrogens (tertiary/aromatic N) is 2. The Bertz CT molecular complexity index is 669. The van der Waals surface area contributed by atoms with Gasteiger partial charge in [-0.2, -0.15) is 5.10 Å². The van der Waals surface area contributed by atoms with Crippen LogP contribution >= 0.6 is 0 Å². The Morgan fingerprint density at radius 3 is 2.95 bits per heavy atom. The Morgan fingerprint density at radius 2 is 2.32 bits per heavy atom. The van der Waals surface area contributed by atoms with Gasteiger partial charge in [0.25, 0.3) is 0 Å². The van der Waals surface area contributed by atoms with Gasteiger partial charge >= 0.3 is 0 Å². The molecule has 0 aromatic carbocycles. The van der Waals surface area contributed by atoms with E-state index in [2.05, 4.69) is 9.82 Å². The first-order chi connectivity index (χ1) is 9.06. The number of aromatic nitrogens is 2. The van der Waals surface area contributed by atoms with Crippen LogP contribution in [0.5, 0.6) is 0 Å². The van der Waals surface area contributed by atoms with Crippen LogP contribution in [0.4, 0.5) is 0 Å². The highest BCUT2D eigenvalue weighted by Crippen LogP contribution is 2.27. The van der Waals surface area contributed by atoms with Crippen LogP contribution in [-0.4, -0.2) is 23.4 Å². The van der Waals surface area contributed by atoms with Crippen LogP contribution in [0, 0.1) is 0 Å². The maximum Gasteiger partial charge on any atom is 0.214 e. The zero-order valence-corrected chi connectivity index (χ0v) is 11.4. The fourth-order valence-corrected chi connectivity index (χ4v) is 3.28. The molecule has 2 heterocycles. The van der Waals surface area contributed by atoms with Crippen LogP contribution in [0.25, 0.3) is 11.5 Å². The van der Waals surface area contributed by atoms with Crippen molar-refractivity contribution in [1.29, 1.82) is 0 Å². The van der Waals surface area contributed by atoms with Gasteiger partial charge < -0.3 is 4.42 Å². The summed E-state index contributed by atoms with van der Waals surface area (Å²) in [6, 6.07) is 5.47. The van der Waals surface area contributed by atoms with Gasteiger partial charge in [-0.1, -0.05) is 0 Å². The van der Waals surface area contributed by atoms with Gasteiger partial charge in [-0.15, -0.1) is 0 Å². The highest BCUT2D eigenvalue weighted by molar-refractivity contribution is 7.90. The molecular formula is C12H15N3O3S. The predicted molar refractivity (Wildman–Crippen MR) is 69.7 cm³/mol. The third-order valence-electron chi connectivity index (χ3n) is 3.12. The van der Waals surface area contributed by atoms with Crippen molar-refractivity contribution < 1.29 is 12.8 Å². The molecule has 7 heteroatoms. The number of hydrogen-bond donors (Lipinski definition) is 1. The van der Waals surface area contributed by atoms with E-state index in [1.165, 1.54) is 0 Å². The van der Waals surface area contributed by atoms with Crippen LogP contribution in [0.1, 0.15) is 18.5 Å². The summed E-state index contributed by atoms with van der Waals surface area (Å²) < 4.78 is 33.0. The Kier molecular flexibility index (Phi) is 2.94. The molecule has 0 amide bonds. The summed E-state index contributed by atoms with van der Waals surface area (Å²) in [5.41, 5.74) is 1.50. The second-order valence-electron chi connectivity index (χ2n) is 4.69. The number of aryl methyl sites for hydroxylation is 1. The van der Waals surface area contributed by atoms with Crippen LogP contribution in [0.2, 0.25) is 0 Å². The van der Waals surface area contributed by atoms with Gasteiger partial charge in [0, 0.05) is 7.05 Å². The molecule has 102 valence electrons. The lowest BCUT2D eigenvalue weighted by Gasteiger charge is -2.02. The van der Waals surface area contributed by atoms with Gasteiger partial charge in [0.05, 0.1) is 23.8 Å². The number of rotatable bonds is 5. The summed E-state index contributed by atoms with van der Waals surface area (Å²) in [5, 5.41) is 4.07. The van der Waals surface area contributed by atoms with Crippen LogP contribution < -0.4 is 4.72 Å². The van der Waals surface area contributed by atoms with E-state index in [4.69, 9.17) is 4.42 Å². The SMILES string of the molecule is Cn1nc(CNS(=O)(=O)C2CC2)cc1-c1ccco1. The molecule has 0 radical (unpaired) electrons. The topological polar surface area (TPSA) is 77.1 Å². The van der Waals surface area contributed by atoms with Gasteiger partial charge in [0.2, 0.25) is 10.0 Å². The molecule has 0 saturated heterocycles. The van der Waals surface area contributed by atoms with Gasteiger partial charge in [0.15, 0.2) is 5.76 Å². The van der Waals surface area contributed by atoms with Gasteiger partial charge in [-0.3, -0.25) is 4.68 Å². The standard InChI is InChI=1S/C12H15N3O3S/c1-15-11(12-3-2-6-18-12)7-9(14-15)8-13-19(16,17)10-4-5-10/h2-3,6-7,10,13H,4-5,8H2,1H3. The van der Waals surface area contributed by atoms with Crippen molar-refractivity contribution in [3.63, 3.8) is 0 Å². The third kappa shape index (κ3) is 2.57. The van der Waals surface area contributed by atoms with E-state index < -0.39 is 10.0 Å². The van der Waals surface area contributed by atoms with Crippen molar-refractivity contribution >= 4 is 10.0 Å². The second-order valence-corrected chi connectivity index (χ2v) is 6.73. The normalized spacial score (nSPS) is 15.8. The summed E-state index contributed by atoms with van der Waals surface area (Å²) in [5.74, 6) is 0.714. The van der Waals surface area contributed by atoms with Crippen molar-refractivity contribution in [3.8, 4) is 11.5 Å². The third-order valence-corrected chi connectivity index (χ3v) is 5.02. The summed E-state index contributed by atoms with van der Waals surface area (Å²) in [6.45, 7) is 0.216. The number of furan rings is 1. The molecule has 1 aliphatic rings. The summed E-state index contributed by atoms with van der Waals surface area (Å²) in [6.07, 6.45) is 3.11. The van der Waals surface area contributed by atoms with Crippen LogP contribution in [0.15, 0.2) is 28.9 Å². The van der Waals surface area contributed by atoms with E-state index in [-0.39, 0.29) is 11.8 Å². The monoisotopic (exact) mass is 281 g/mol. The Morgan fingerprint density at radius 1 is 1.53 bits per heavy atom. The average molecular weight is 281 g/mol. The Hall–Kier alpha value is -1.60. The lowest BCUT2D eigenvalue weighted by atomic mass is 10.3. The van der Waals surface area contributed by atoms with E-state index in [1.807, 2.05) is 12.1 Å². The molecule has 0 spiro atoms. The fraction of sp³-hybridized carbons (Fsp3) is 0.417. The van der Waals surface area contributed by atoms with Crippen molar-refractivity contribution in [3.05, 3.63) is 30.2 Å². The summed E-state index contributed by atoms with van der Waals surface area (Å²) in [4.78, 5) is 0. The zero-order chi connectivity index (χ0) is 13.5. The van der Waals surface area contributed by atoms with Crippen molar-refractivity contribution in [2.45, 2.75) is 24.6 Å². The smallest absolute Gasteiger partial charge is 0.214 e. The lowest BCUT2D eigenvalue weighted by Crippen LogP contribution is -2.26. The second kappa shape index (κ2) is 4.50. The maximum atomic E-state index is 11.7. The molecule has 0 aliphatic heterocycles. The van der Waals surface area contributed by atoms with Crippen molar-refractivity contribution in [1.82, 2.24) is 14.5 Å². The summed E-state index contributed by atoms with van der Waals surface area (Å²) >= 11 is 0. The van der Waals surface area contributed by atoms with Crippen LogP contribution in [-0.2, 0) is 23.6 Å². The molecule has 6 nitrogen and oxygen atoms in total. The summed E-state index contributed by atoms with van der Waals surface area (Å²) in [7, 11) is -1.36. The highest BCUT2D eigenvalue weighted by Gasteiger charge is 2.35. The van der Waals surface area contributed by atoms with E-state index in [9.17, 15) is 8.42 Å². The van der Waals surface area contributed by atoms with E-state index in [1.54, 1.807) is 24.1 Å². The number of hydrogen-bond acceptors (Lipinski definition) is 4. The zero-order valence-electron chi connectivity index (χ0n) is 10.5. The van der Waals surface area contributed by atoms with Gasteiger partial charge in [0.1, 0.15) is 5.69 Å². The fourth-order valence-electron chi connectivity index (χ4n) is 1.94. The van der Waals surface area contributed by atoms with Crippen LogP contribution in [0.3, 0.4) is 0 Å². The molecule has 1 fully saturated rings. The Labute approximate surface area is 111 Å². The minimum atomic E-state index is -3.17. The molecule has 1 N–H and O–H groups in total. The number of sulfonamides is 1. The van der Waals surface area contributed by atoms with Crippen molar-refractivity contribution in [2.24, 2.45) is 7.05 Å². The van der Waals surface area contributed by atoms with E-state index in [0.29, 0.717) is 11.5 Å². The first-order valence-electron chi connectivity index (χ1n) is 6.11. The molecule has 0 unspecified atom stereocenters. The van der Waals surface area contributed by atoms with Gasteiger partial charge in [-0.25, -0.2) is 13.1 Å². The molecule has 1 aliphatic carbocycles. The van der Waals surface area contributed by atoms with Gasteiger partial charge in [-0.05, 0) is 31.0 Å². The predicted octanol–water partition coefficient (Wildman–Crippen LogP) is 1.26. The quantitative estimate of drug-likeness (QED) is 0.895. The first-order valence-corrected chi connectivity index (χ1v) is 7.66. The largest absolute Gasteiger partial charge is 0.463 e. The number of nitrogens with one attached hydrogen (secondary N) is 1. The first kappa shape index (κ1) is 12.4. The molecule has 2 aromatic heterocycles. The molecular weight excluding hydrogens is 266 g/mol. The minimum absolute atomic E-state index is 0.208. The highest BCUT2D eigenvalue weighted by atomic mass is 32.2. The van der Waals surface area contributed by atoms with E-state index >= 15 is 0 Å². The Balaban J connectivity index is 1.74. The molecule has 0 atom stereocenters. The molecule has 19 heavy (non-hydrogen) atoms. The molecule has 1 saturated carbocycles. The van der Waals surface area contributed by atoms with E-state index in [0.717, 1.165) is 18.5 Å². The minimum Gasteiger partial charge on any atom is -0.463 e. The average Bonchev–Trinajstić information content (AvgIpc) is 2.98. The molecule has 3 rings (SSSR count).